The van der Waals surface area contributed by atoms with Gasteiger partial charge in [-0.3, -0.25) is 0 Å². The Labute approximate surface area is 111 Å². The minimum atomic E-state index is -0.592. The molecule has 2 aliphatic heterocycles. The molecule has 0 radical (unpaired) electrons. The molecule has 4 aliphatic rings. The summed E-state index contributed by atoms with van der Waals surface area (Å²) in [4.78, 5) is 10.9. The van der Waals surface area contributed by atoms with Crippen LogP contribution in [0.3, 0.4) is 0 Å². The predicted molar refractivity (Wildman–Crippen MR) is 64.3 cm³/mol. The summed E-state index contributed by atoms with van der Waals surface area (Å²) in [7, 11) is 0. The Bertz CT molecular complexity index is 398. The van der Waals surface area contributed by atoms with Crippen LogP contribution in [-0.4, -0.2) is 38.9 Å². The van der Waals surface area contributed by atoms with Gasteiger partial charge < -0.3 is 18.9 Å². The predicted octanol–water partition coefficient (Wildman–Crippen LogP) is 1.72. The zero-order valence-electron chi connectivity index (χ0n) is 10.7. The first-order valence-corrected chi connectivity index (χ1v) is 6.95. The molecule has 104 valence electrons. The zero-order chi connectivity index (χ0) is 12.9. The second kappa shape index (κ2) is 4.21. The number of ether oxygens (including phenoxy) is 4. The third kappa shape index (κ3) is 1.96. The summed E-state index contributed by atoms with van der Waals surface area (Å²) in [5, 5.41) is 0. The van der Waals surface area contributed by atoms with Crippen LogP contribution in [0.5, 0.6) is 0 Å². The van der Waals surface area contributed by atoms with Crippen molar-refractivity contribution >= 4 is 6.16 Å². The fraction of sp³-hybridized carbons (Fsp3) is 0.786. The van der Waals surface area contributed by atoms with Gasteiger partial charge in [0.15, 0.2) is 6.29 Å². The monoisotopic (exact) mass is 266 g/mol. The lowest BCUT2D eigenvalue weighted by molar-refractivity contribution is -0.272. The number of hydrogen-bond acceptors (Lipinski definition) is 5. The maximum Gasteiger partial charge on any atom is 0.508 e. The SMILES string of the molecule is O=C1OCC2(CO1)COC(C1CC3C=CC1C3)OC2. The fourth-order valence-electron chi connectivity index (χ4n) is 3.67. The van der Waals surface area contributed by atoms with E-state index in [1.165, 1.54) is 12.8 Å². The Kier molecular flexibility index (Phi) is 2.60. The summed E-state index contributed by atoms with van der Waals surface area (Å²) < 4.78 is 21.7. The molecule has 3 unspecified atom stereocenters. The second-order valence-electron chi connectivity index (χ2n) is 6.26. The van der Waals surface area contributed by atoms with Gasteiger partial charge in [0, 0.05) is 5.92 Å². The zero-order valence-corrected chi connectivity index (χ0v) is 10.7. The number of carbonyl (C=O) groups excluding carboxylic acids is 1. The van der Waals surface area contributed by atoms with Crippen LogP contribution in [0.15, 0.2) is 12.2 Å². The second-order valence-corrected chi connectivity index (χ2v) is 6.26. The molecule has 0 aromatic heterocycles. The molecular weight excluding hydrogens is 248 g/mol. The quantitative estimate of drug-likeness (QED) is 0.534. The van der Waals surface area contributed by atoms with E-state index in [9.17, 15) is 4.79 Å². The van der Waals surface area contributed by atoms with E-state index >= 15 is 0 Å². The third-order valence-corrected chi connectivity index (χ3v) is 4.78. The standard InChI is InChI=1S/C14H18O5/c15-13-18-7-14(8-19-13)5-16-12(17-6-14)11-4-9-1-2-10(11)3-9/h1-2,9-12H,3-8H2. The van der Waals surface area contributed by atoms with Gasteiger partial charge in [-0.2, -0.15) is 0 Å². The highest BCUT2D eigenvalue weighted by Gasteiger charge is 2.47. The van der Waals surface area contributed by atoms with Crippen molar-refractivity contribution in [3.63, 3.8) is 0 Å². The van der Waals surface area contributed by atoms with Crippen molar-refractivity contribution in [1.82, 2.24) is 0 Å². The molecule has 1 spiro atoms. The molecule has 3 fully saturated rings. The van der Waals surface area contributed by atoms with Crippen LogP contribution in [0.1, 0.15) is 12.8 Å². The van der Waals surface area contributed by atoms with Gasteiger partial charge in [0.1, 0.15) is 13.2 Å². The van der Waals surface area contributed by atoms with E-state index in [0.717, 1.165) is 5.92 Å². The van der Waals surface area contributed by atoms with Crippen molar-refractivity contribution in [2.24, 2.45) is 23.2 Å². The average Bonchev–Trinajstić information content (AvgIpc) is 3.06. The summed E-state index contributed by atoms with van der Waals surface area (Å²) in [6, 6.07) is 0. The van der Waals surface area contributed by atoms with Gasteiger partial charge >= 0.3 is 6.16 Å². The average molecular weight is 266 g/mol. The van der Waals surface area contributed by atoms with Crippen LogP contribution in [0.25, 0.3) is 0 Å². The molecule has 2 aliphatic carbocycles. The van der Waals surface area contributed by atoms with Crippen molar-refractivity contribution in [3.05, 3.63) is 12.2 Å². The Hall–Kier alpha value is -1.07. The van der Waals surface area contributed by atoms with Crippen LogP contribution in [-0.2, 0) is 18.9 Å². The highest BCUT2D eigenvalue weighted by atomic mass is 16.7. The molecule has 5 heteroatoms. The first-order chi connectivity index (χ1) is 9.24. The normalized spacial score (nSPS) is 40.4. The minimum absolute atomic E-state index is 0.108. The van der Waals surface area contributed by atoms with Crippen molar-refractivity contribution in [1.29, 1.82) is 0 Å². The third-order valence-electron chi connectivity index (χ3n) is 4.78. The van der Waals surface area contributed by atoms with Gasteiger partial charge in [0.25, 0.3) is 0 Å². The van der Waals surface area contributed by atoms with E-state index in [1.54, 1.807) is 0 Å². The molecule has 2 bridgehead atoms. The van der Waals surface area contributed by atoms with Gasteiger partial charge in [-0.05, 0) is 24.7 Å². The van der Waals surface area contributed by atoms with Crippen LogP contribution in [0.2, 0.25) is 0 Å². The first kappa shape index (κ1) is 11.7. The molecular formula is C14H18O5. The number of allylic oxidation sites excluding steroid dienone is 2. The minimum Gasteiger partial charge on any atom is -0.433 e. The lowest BCUT2D eigenvalue weighted by Crippen LogP contribution is -2.52. The molecule has 2 heterocycles. The van der Waals surface area contributed by atoms with E-state index in [1.807, 2.05) is 0 Å². The van der Waals surface area contributed by atoms with Crippen molar-refractivity contribution in [2.75, 3.05) is 26.4 Å². The molecule has 0 aromatic carbocycles. The molecule has 2 saturated heterocycles. The summed E-state index contributed by atoms with van der Waals surface area (Å²) >= 11 is 0. The Morgan fingerprint density at radius 1 is 1.00 bits per heavy atom. The lowest BCUT2D eigenvalue weighted by atomic mass is 9.88. The Balaban J connectivity index is 1.37. The van der Waals surface area contributed by atoms with Crippen LogP contribution >= 0.6 is 0 Å². The van der Waals surface area contributed by atoms with Crippen molar-refractivity contribution < 1.29 is 23.7 Å². The Morgan fingerprint density at radius 3 is 2.32 bits per heavy atom. The highest BCUT2D eigenvalue weighted by molar-refractivity contribution is 5.60. The molecule has 5 nitrogen and oxygen atoms in total. The van der Waals surface area contributed by atoms with Gasteiger partial charge in [-0.1, -0.05) is 12.2 Å². The van der Waals surface area contributed by atoms with Gasteiger partial charge in [-0.15, -0.1) is 0 Å². The van der Waals surface area contributed by atoms with Gasteiger partial charge in [0.05, 0.1) is 18.6 Å². The van der Waals surface area contributed by atoms with E-state index in [-0.39, 0.29) is 11.7 Å². The molecule has 3 atom stereocenters. The number of rotatable bonds is 1. The summed E-state index contributed by atoms with van der Waals surface area (Å²) in [6.45, 7) is 1.75. The van der Waals surface area contributed by atoms with Gasteiger partial charge in [-0.25, -0.2) is 4.79 Å². The molecule has 19 heavy (non-hydrogen) atoms. The number of cyclic esters (lactones) is 2. The molecule has 0 amide bonds. The Morgan fingerprint density at radius 2 is 1.74 bits per heavy atom. The van der Waals surface area contributed by atoms with Crippen molar-refractivity contribution in [2.45, 2.75) is 19.1 Å². The maximum absolute atomic E-state index is 10.9. The van der Waals surface area contributed by atoms with Gasteiger partial charge in [0.2, 0.25) is 0 Å². The van der Waals surface area contributed by atoms with Crippen LogP contribution < -0.4 is 0 Å². The lowest BCUT2D eigenvalue weighted by Gasteiger charge is -2.42. The van der Waals surface area contributed by atoms with E-state index in [2.05, 4.69) is 12.2 Å². The molecule has 0 N–H and O–H groups in total. The summed E-state index contributed by atoms with van der Waals surface area (Å²) in [5.74, 6) is 1.82. The topological polar surface area (TPSA) is 54.0 Å². The maximum atomic E-state index is 10.9. The molecule has 4 rings (SSSR count). The molecule has 0 aromatic rings. The molecule has 1 saturated carbocycles. The van der Waals surface area contributed by atoms with Crippen molar-refractivity contribution in [3.8, 4) is 0 Å². The van der Waals surface area contributed by atoms with E-state index in [0.29, 0.717) is 38.3 Å². The van der Waals surface area contributed by atoms with Crippen LogP contribution in [0.4, 0.5) is 4.79 Å². The fourth-order valence-corrected chi connectivity index (χ4v) is 3.67. The highest BCUT2D eigenvalue weighted by Crippen LogP contribution is 2.47. The van der Waals surface area contributed by atoms with Crippen LogP contribution in [0, 0.1) is 23.2 Å². The van der Waals surface area contributed by atoms with E-state index < -0.39 is 6.16 Å². The summed E-state index contributed by atoms with van der Waals surface area (Å²) in [6.07, 6.45) is 6.35. The first-order valence-electron chi connectivity index (χ1n) is 6.95. The largest absolute Gasteiger partial charge is 0.508 e. The number of fused-ring (bicyclic) bond motifs is 2. The van der Waals surface area contributed by atoms with E-state index in [4.69, 9.17) is 18.9 Å². The number of hydrogen-bond donors (Lipinski definition) is 0. The summed E-state index contributed by atoms with van der Waals surface area (Å²) in [5.41, 5.74) is -0.308. The number of carbonyl (C=O) groups is 1. The smallest absolute Gasteiger partial charge is 0.433 e.